The largest absolute Gasteiger partial charge is 0.368 e. The molecule has 0 unspecified atom stereocenters. The fourth-order valence-corrected chi connectivity index (χ4v) is 1.61. The van der Waals surface area contributed by atoms with E-state index in [4.69, 9.17) is 0 Å². The summed E-state index contributed by atoms with van der Waals surface area (Å²) in [6, 6.07) is 0. The molecule has 0 bridgehead atoms. The van der Waals surface area contributed by atoms with Crippen LogP contribution in [0.2, 0.25) is 0 Å². The lowest BCUT2D eigenvalue weighted by Crippen LogP contribution is -2.04. The van der Waals surface area contributed by atoms with E-state index >= 15 is 0 Å². The van der Waals surface area contributed by atoms with Crippen molar-refractivity contribution in [1.29, 1.82) is 0 Å². The predicted octanol–water partition coefficient (Wildman–Crippen LogP) is 2.96. The van der Waals surface area contributed by atoms with Crippen molar-refractivity contribution in [2.75, 3.05) is 0 Å². The zero-order valence-electron chi connectivity index (χ0n) is 7.08. The number of nitro groups is 1. The Balaban J connectivity index is 3.47. The average molecular weight is 285 g/mol. The molecule has 1 heterocycles. The molecule has 0 radical (unpaired) electrons. The number of pyridine rings is 1. The van der Waals surface area contributed by atoms with E-state index in [-0.39, 0.29) is 5.33 Å². The Hall–Kier alpha value is -1.18. The Kier molecular flexibility index (Phi) is 3.61. The van der Waals surface area contributed by atoms with Crippen LogP contribution in [0.25, 0.3) is 0 Å². The van der Waals surface area contributed by atoms with E-state index in [1.807, 2.05) is 0 Å². The van der Waals surface area contributed by atoms with Gasteiger partial charge in [0.15, 0.2) is 12.0 Å². The second kappa shape index (κ2) is 4.56. The highest BCUT2D eigenvalue weighted by molar-refractivity contribution is 9.08. The summed E-state index contributed by atoms with van der Waals surface area (Å²) in [5.74, 6) is -2.01. The molecule has 4 nitrogen and oxygen atoms in total. The quantitative estimate of drug-likeness (QED) is 0.487. The Morgan fingerprint density at radius 1 is 1.60 bits per heavy atom. The molecule has 82 valence electrons. The summed E-state index contributed by atoms with van der Waals surface area (Å²) in [5, 5.41) is 10.2. The van der Waals surface area contributed by atoms with E-state index in [0.717, 1.165) is 0 Å². The first kappa shape index (κ1) is 11.9. The maximum Gasteiger partial charge on any atom is 0.368 e. The standard InChI is InChI=1S/C7H4BrF3N2O2/c8-1-3-5(6(10)11)4(9)2-12-7(3)13(14)15/h2,6H,1H2. The fraction of sp³-hybridized carbons (Fsp3) is 0.286. The molecule has 15 heavy (non-hydrogen) atoms. The average Bonchev–Trinajstić information content (AvgIpc) is 2.15. The van der Waals surface area contributed by atoms with Crippen LogP contribution in [-0.4, -0.2) is 9.91 Å². The minimum atomic E-state index is -3.11. The number of alkyl halides is 3. The Labute approximate surface area is 90.4 Å². The van der Waals surface area contributed by atoms with E-state index < -0.39 is 34.1 Å². The van der Waals surface area contributed by atoms with Gasteiger partial charge in [0.1, 0.15) is 0 Å². The summed E-state index contributed by atoms with van der Waals surface area (Å²) in [4.78, 5) is 12.6. The van der Waals surface area contributed by atoms with Crippen molar-refractivity contribution < 1.29 is 18.1 Å². The highest BCUT2D eigenvalue weighted by atomic mass is 79.9. The minimum Gasteiger partial charge on any atom is -0.358 e. The highest BCUT2D eigenvalue weighted by Gasteiger charge is 2.27. The van der Waals surface area contributed by atoms with Crippen molar-refractivity contribution in [3.63, 3.8) is 0 Å². The van der Waals surface area contributed by atoms with Gasteiger partial charge >= 0.3 is 5.82 Å². The van der Waals surface area contributed by atoms with Gasteiger partial charge in [0, 0.05) is 5.33 Å². The molecule has 0 aliphatic rings. The fourth-order valence-electron chi connectivity index (χ4n) is 1.05. The first-order valence-electron chi connectivity index (χ1n) is 3.64. The van der Waals surface area contributed by atoms with E-state index in [0.29, 0.717) is 6.20 Å². The van der Waals surface area contributed by atoms with Gasteiger partial charge < -0.3 is 10.1 Å². The summed E-state index contributed by atoms with van der Waals surface area (Å²) in [5.41, 5.74) is -1.41. The van der Waals surface area contributed by atoms with E-state index in [1.165, 1.54) is 0 Å². The molecule has 0 atom stereocenters. The Morgan fingerprint density at radius 3 is 2.60 bits per heavy atom. The van der Waals surface area contributed by atoms with Gasteiger partial charge in [-0.2, -0.15) is 0 Å². The highest BCUT2D eigenvalue weighted by Crippen LogP contribution is 2.31. The zero-order chi connectivity index (χ0) is 11.6. The SMILES string of the molecule is O=[N+]([O-])c1ncc(F)c(C(F)F)c1CBr. The summed E-state index contributed by atoms with van der Waals surface area (Å²) in [6.45, 7) is 0. The molecule has 0 saturated carbocycles. The molecule has 1 rings (SSSR count). The van der Waals surface area contributed by atoms with Crippen LogP contribution in [0.5, 0.6) is 0 Å². The Bertz CT molecular complexity index is 400. The van der Waals surface area contributed by atoms with Crippen molar-refractivity contribution >= 4 is 21.7 Å². The topological polar surface area (TPSA) is 56.0 Å². The lowest BCUT2D eigenvalue weighted by Gasteiger charge is -2.06. The third-order valence-corrected chi connectivity index (χ3v) is 2.24. The van der Waals surface area contributed by atoms with Crippen molar-refractivity contribution in [3.8, 4) is 0 Å². The molecular weight excluding hydrogens is 281 g/mol. The maximum absolute atomic E-state index is 12.9. The number of nitrogens with zero attached hydrogens (tertiary/aromatic N) is 2. The van der Waals surface area contributed by atoms with Crippen LogP contribution in [0.3, 0.4) is 0 Å². The molecule has 0 aliphatic heterocycles. The molecule has 8 heteroatoms. The van der Waals surface area contributed by atoms with Crippen LogP contribution in [-0.2, 0) is 5.33 Å². The lowest BCUT2D eigenvalue weighted by atomic mass is 10.1. The van der Waals surface area contributed by atoms with Gasteiger partial charge in [-0.3, -0.25) is 0 Å². The number of aromatic nitrogens is 1. The second-order valence-corrected chi connectivity index (χ2v) is 3.07. The number of rotatable bonds is 3. The summed E-state index contributed by atoms with van der Waals surface area (Å²) in [7, 11) is 0. The number of hydrogen-bond acceptors (Lipinski definition) is 3. The molecule has 0 saturated heterocycles. The van der Waals surface area contributed by atoms with Crippen LogP contribution < -0.4 is 0 Å². The first-order valence-corrected chi connectivity index (χ1v) is 4.77. The normalized spacial score (nSPS) is 10.7. The van der Waals surface area contributed by atoms with E-state index in [1.54, 1.807) is 0 Å². The molecule has 1 aromatic heterocycles. The van der Waals surface area contributed by atoms with E-state index in [9.17, 15) is 23.3 Å². The molecule has 0 aliphatic carbocycles. The monoisotopic (exact) mass is 284 g/mol. The van der Waals surface area contributed by atoms with Gasteiger partial charge in [0.25, 0.3) is 6.43 Å². The van der Waals surface area contributed by atoms with Gasteiger partial charge in [-0.05, 0) is 9.91 Å². The van der Waals surface area contributed by atoms with Crippen LogP contribution in [0, 0.1) is 15.9 Å². The van der Waals surface area contributed by atoms with Gasteiger partial charge in [-0.25, -0.2) is 13.2 Å². The molecule has 0 N–H and O–H groups in total. The van der Waals surface area contributed by atoms with Crippen LogP contribution >= 0.6 is 15.9 Å². The minimum absolute atomic E-state index is 0.256. The van der Waals surface area contributed by atoms with Gasteiger partial charge in [0.05, 0.1) is 11.1 Å². The first-order chi connectivity index (χ1) is 6.99. The van der Waals surface area contributed by atoms with Gasteiger partial charge in [-0.15, -0.1) is 0 Å². The van der Waals surface area contributed by atoms with Crippen molar-refractivity contribution in [2.24, 2.45) is 0 Å². The van der Waals surface area contributed by atoms with Crippen LogP contribution in [0.4, 0.5) is 19.0 Å². The lowest BCUT2D eigenvalue weighted by molar-refractivity contribution is -0.390. The smallest absolute Gasteiger partial charge is 0.358 e. The zero-order valence-corrected chi connectivity index (χ0v) is 8.67. The third kappa shape index (κ3) is 2.25. The third-order valence-electron chi connectivity index (χ3n) is 1.68. The predicted molar refractivity (Wildman–Crippen MR) is 48.4 cm³/mol. The van der Waals surface area contributed by atoms with Gasteiger partial charge in [0.2, 0.25) is 0 Å². The molecule has 1 aromatic rings. The number of hydrogen-bond donors (Lipinski definition) is 0. The summed E-state index contributed by atoms with van der Waals surface area (Å²) in [6.07, 6.45) is -2.69. The Morgan fingerprint density at radius 2 is 2.20 bits per heavy atom. The summed E-state index contributed by atoms with van der Waals surface area (Å²) < 4.78 is 37.8. The van der Waals surface area contributed by atoms with E-state index in [2.05, 4.69) is 20.9 Å². The molecule has 0 fully saturated rings. The van der Waals surface area contributed by atoms with Crippen LogP contribution in [0.1, 0.15) is 17.6 Å². The summed E-state index contributed by atoms with van der Waals surface area (Å²) >= 11 is 2.79. The molecule has 0 spiro atoms. The number of halogens is 4. The van der Waals surface area contributed by atoms with Crippen molar-refractivity contribution in [1.82, 2.24) is 4.98 Å². The van der Waals surface area contributed by atoms with Crippen LogP contribution in [0.15, 0.2) is 6.20 Å². The molecule has 0 amide bonds. The van der Waals surface area contributed by atoms with Crippen molar-refractivity contribution in [2.45, 2.75) is 11.8 Å². The maximum atomic E-state index is 12.9. The molecular formula is C7H4BrF3N2O2. The van der Waals surface area contributed by atoms with Crippen molar-refractivity contribution in [3.05, 3.63) is 33.3 Å². The van der Waals surface area contributed by atoms with Gasteiger partial charge in [-0.1, -0.05) is 15.9 Å². The second-order valence-electron chi connectivity index (χ2n) is 2.51. The molecule has 0 aromatic carbocycles.